The van der Waals surface area contributed by atoms with Gasteiger partial charge in [-0.3, -0.25) is 4.79 Å². The van der Waals surface area contributed by atoms with E-state index in [4.69, 9.17) is 16.3 Å². The molecule has 1 aliphatic rings. The van der Waals surface area contributed by atoms with Crippen molar-refractivity contribution in [3.63, 3.8) is 0 Å². The molecule has 2 rings (SSSR count). The third-order valence-electron chi connectivity index (χ3n) is 2.13. The molecule has 0 atom stereocenters. The van der Waals surface area contributed by atoms with Crippen LogP contribution >= 0.6 is 11.6 Å². The van der Waals surface area contributed by atoms with Gasteiger partial charge in [-0.25, -0.2) is 0 Å². The predicted molar refractivity (Wildman–Crippen MR) is 50.1 cm³/mol. The molecule has 0 bridgehead atoms. The highest BCUT2D eigenvalue weighted by atomic mass is 35.5. The van der Waals surface area contributed by atoms with Crippen molar-refractivity contribution in [3.8, 4) is 5.75 Å². The Kier molecular flexibility index (Phi) is 2.23. The fourth-order valence-electron chi connectivity index (χ4n) is 1.36. The maximum atomic E-state index is 10.1. The topological polar surface area (TPSA) is 26.3 Å². The Bertz CT molecular complexity index is 332. The van der Waals surface area contributed by atoms with Crippen LogP contribution in [-0.2, 0) is 4.79 Å². The molecule has 0 radical (unpaired) electrons. The van der Waals surface area contributed by atoms with E-state index in [0.717, 1.165) is 0 Å². The van der Waals surface area contributed by atoms with Gasteiger partial charge in [0.1, 0.15) is 5.75 Å². The maximum absolute atomic E-state index is 10.1. The largest absolute Gasteiger partial charge is 0.429 e. The van der Waals surface area contributed by atoms with Gasteiger partial charge >= 0.3 is 0 Å². The molecule has 2 nitrogen and oxygen atoms in total. The summed E-state index contributed by atoms with van der Waals surface area (Å²) < 4.78 is 4.74. The Hall–Kier alpha value is -1.02. The third kappa shape index (κ3) is 2.01. The highest BCUT2D eigenvalue weighted by Gasteiger charge is 2.24. The quantitative estimate of drug-likeness (QED) is 0.695. The molecule has 13 heavy (non-hydrogen) atoms. The lowest BCUT2D eigenvalue weighted by molar-refractivity contribution is -0.120. The van der Waals surface area contributed by atoms with Gasteiger partial charge in [0.25, 0.3) is 6.47 Å². The molecule has 0 amide bonds. The van der Waals surface area contributed by atoms with Gasteiger partial charge in [-0.2, -0.15) is 0 Å². The van der Waals surface area contributed by atoms with Gasteiger partial charge in [-0.05, 0) is 42.5 Å². The number of hydrogen-bond donors (Lipinski definition) is 0. The molecule has 0 N–H and O–H groups in total. The van der Waals surface area contributed by atoms with Gasteiger partial charge in [0, 0.05) is 5.02 Å². The highest BCUT2D eigenvalue weighted by Crippen LogP contribution is 2.42. The zero-order valence-electron chi connectivity index (χ0n) is 7.00. The molecule has 68 valence electrons. The van der Waals surface area contributed by atoms with Crippen LogP contribution in [0.3, 0.4) is 0 Å². The summed E-state index contributed by atoms with van der Waals surface area (Å²) in [5.74, 6) is 1.15. The van der Waals surface area contributed by atoms with E-state index in [2.05, 4.69) is 0 Å². The maximum Gasteiger partial charge on any atom is 0.298 e. The van der Waals surface area contributed by atoms with Gasteiger partial charge in [-0.15, -0.1) is 0 Å². The van der Waals surface area contributed by atoms with Gasteiger partial charge in [0.05, 0.1) is 0 Å². The van der Waals surface area contributed by atoms with Crippen LogP contribution in [0.25, 0.3) is 0 Å². The van der Waals surface area contributed by atoms with Crippen LogP contribution in [0.2, 0.25) is 5.02 Å². The Labute approximate surface area is 81.5 Å². The molecule has 0 unspecified atom stereocenters. The second kappa shape index (κ2) is 3.38. The molecule has 0 aliphatic heterocycles. The lowest BCUT2D eigenvalue weighted by atomic mass is 10.1. The molecule has 1 fully saturated rings. The Morgan fingerprint density at radius 3 is 2.77 bits per heavy atom. The molecular formula is C10H9ClO2. The summed E-state index contributed by atoms with van der Waals surface area (Å²) in [6.45, 7) is 0.419. The third-order valence-corrected chi connectivity index (χ3v) is 2.34. The Balaban J connectivity index is 2.29. The van der Waals surface area contributed by atoms with Crippen LogP contribution in [0.5, 0.6) is 5.75 Å². The monoisotopic (exact) mass is 196 g/mol. The molecule has 1 aromatic rings. The zero-order valence-corrected chi connectivity index (χ0v) is 7.75. The van der Waals surface area contributed by atoms with Crippen molar-refractivity contribution in [2.24, 2.45) is 0 Å². The summed E-state index contributed by atoms with van der Waals surface area (Å²) in [6, 6.07) is 5.44. The second-order valence-electron chi connectivity index (χ2n) is 3.21. The minimum Gasteiger partial charge on any atom is -0.429 e. The van der Waals surface area contributed by atoms with Crippen molar-refractivity contribution in [1.29, 1.82) is 0 Å². The van der Waals surface area contributed by atoms with Gasteiger partial charge in [0.15, 0.2) is 0 Å². The number of benzene rings is 1. The van der Waals surface area contributed by atoms with Crippen LogP contribution < -0.4 is 4.74 Å². The average molecular weight is 197 g/mol. The summed E-state index contributed by atoms with van der Waals surface area (Å²) in [6.07, 6.45) is 2.42. The molecule has 1 saturated carbocycles. The van der Waals surface area contributed by atoms with Gasteiger partial charge < -0.3 is 4.74 Å². The number of halogens is 1. The van der Waals surface area contributed by atoms with E-state index >= 15 is 0 Å². The summed E-state index contributed by atoms with van der Waals surface area (Å²) in [4.78, 5) is 10.1. The van der Waals surface area contributed by atoms with Gasteiger partial charge in [-0.1, -0.05) is 11.6 Å². The Morgan fingerprint density at radius 1 is 1.38 bits per heavy atom. The van der Waals surface area contributed by atoms with Crippen LogP contribution in [0.1, 0.15) is 24.3 Å². The molecule has 0 saturated heterocycles. The first kappa shape index (κ1) is 8.57. The standard InChI is InChI=1S/C10H9ClO2/c11-9-3-8(7-1-2-7)4-10(5-9)13-6-12/h3-7H,1-2H2. The average Bonchev–Trinajstić information content (AvgIpc) is 2.85. The van der Waals surface area contributed by atoms with Crippen molar-refractivity contribution >= 4 is 18.1 Å². The van der Waals surface area contributed by atoms with Crippen molar-refractivity contribution in [2.45, 2.75) is 18.8 Å². The summed E-state index contributed by atoms with van der Waals surface area (Å²) in [5.41, 5.74) is 1.17. The number of carbonyl (C=O) groups excluding carboxylic acids is 1. The number of ether oxygens (including phenoxy) is 1. The first-order valence-electron chi connectivity index (χ1n) is 4.20. The van der Waals surface area contributed by atoms with E-state index in [1.54, 1.807) is 6.07 Å². The SMILES string of the molecule is O=COc1cc(Cl)cc(C2CC2)c1. The molecule has 1 aromatic carbocycles. The fraction of sp³-hybridized carbons (Fsp3) is 0.300. The first-order valence-corrected chi connectivity index (χ1v) is 4.58. The molecule has 3 heteroatoms. The minimum atomic E-state index is 0.419. The van der Waals surface area contributed by atoms with Crippen LogP contribution in [-0.4, -0.2) is 6.47 Å². The predicted octanol–water partition coefficient (Wildman–Crippen LogP) is 2.75. The fourth-order valence-corrected chi connectivity index (χ4v) is 1.59. The van der Waals surface area contributed by atoms with Crippen molar-refractivity contribution < 1.29 is 9.53 Å². The van der Waals surface area contributed by atoms with E-state index in [-0.39, 0.29) is 0 Å². The second-order valence-corrected chi connectivity index (χ2v) is 3.65. The normalized spacial score (nSPS) is 15.5. The van der Waals surface area contributed by atoms with Crippen molar-refractivity contribution in [3.05, 3.63) is 28.8 Å². The lowest BCUT2D eigenvalue weighted by Crippen LogP contribution is -1.90. The number of hydrogen-bond acceptors (Lipinski definition) is 2. The van der Waals surface area contributed by atoms with Crippen LogP contribution in [0, 0.1) is 0 Å². The molecule has 0 heterocycles. The Morgan fingerprint density at radius 2 is 2.15 bits per heavy atom. The van der Waals surface area contributed by atoms with Crippen molar-refractivity contribution in [1.82, 2.24) is 0 Å². The van der Waals surface area contributed by atoms with Crippen LogP contribution in [0.15, 0.2) is 18.2 Å². The zero-order chi connectivity index (χ0) is 9.26. The molecule has 1 aliphatic carbocycles. The molecule has 0 aromatic heterocycles. The van der Waals surface area contributed by atoms with E-state index < -0.39 is 0 Å². The summed E-state index contributed by atoms with van der Waals surface area (Å²) in [5, 5.41) is 0.626. The molecule has 0 spiro atoms. The number of carbonyl (C=O) groups is 1. The number of rotatable bonds is 3. The van der Waals surface area contributed by atoms with E-state index in [9.17, 15) is 4.79 Å². The molecular weight excluding hydrogens is 188 g/mol. The smallest absolute Gasteiger partial charge is 0.298 e. The first-order chi connectivity index (χ1) is 6.29. The summed E-state index contributed by atoms with van der Waals surface area (Å²) in [7, 11) is 0. The van der Waals surface area contributed by atoms with Gasteiger partial charge in [0.2, 0.25) is 0 Å². The summed E-state index contributed by atoms with van der Waals surface area (Å²) >= 11 is 5.86. The van der Waals surface area contributed by atoms with E-state index in [0.29, 0.717) is 23.2 Å². The highest BCUT2D eigenvalue weighted by molar-refractivity contribution is 6.30. The van der Waals surface area contributed by atoms with E-state index in [1.807, 2.05) is 12.1 Å². The van der Waals surface area contributed by atoms with Crippen molar-refractivity contribution in [2.75, 3.05) is 0 Å². The van der Waals surface area contributed by atoms with E-state index in [1.165, 1.54) is 18.4 Å². The lowest BCUT2D eigenvalue weighted by Gasteiger charge is -2.02. The minimum absolute atomic E-state index is 0.419. The van der Waals surface area contributed by atoms with Crippen LogP contribution in [0.4, 0.5) is 0 Å².